The lowest BCUT2D eigenvalue weighted by atomic mass is 9.93. The molecule has 5 nitrogen and oxygen atoms in total. The van der Waals surface area contributed by atoms with Crippen molar-refractivity contribution < 1.29 is 19.1 Å². The molecule has 1 aliphatic heterocycles. The van der Waals surface area contributed by atoms with Gasteiger partial charge in [-0.15, -0.1) is 11.3 Å². The number of methoxy groups -OCH3 is 1. The summed E-state index contributed by atoms with van der Waals surface area (Å²) in [7, 11) is 1.36. The van der Waals surface area contributed by atoms with E-state index in [4.69, 9.17) is 9.47 Å². The molecule has 0 N–H and O–H groups in total. The van der Waals surface area contributed by atoms with Crippen molar-refractivity contribution in [3.05, 3.63) is 87.6 Å². The van der Waals surface area contributed by atoms with Gasteiger partial charge in [-0.3, -0.25) is 4.79 Å². The lowest BCUT2D eigenvalue weighted by Gasteiger charge is -2.34. The Morgan fingerprint density at radius 3 is 2.55 bits per heavy atom. The van der Waals surface area contributed by atoms with Gasteiger partial charge in [0.15, 0.2) is 0 Å². The molecule has 1 unspecified atom stereocenters. The number of nitrogens with zero attached hydrogens (tertiary/aromatic N) is 1. The summed E-state index contributed by atoms with van der Waals surface area (Å²) >= 11 is 1.37. The molecule has 0 aliphatic carbocycles. The number of hydrogen-bond donors (Lipinski definition) is 0. The second-order valence-electron chi connectivity index (χ2n) is 6.87. The molecule has 4 rings (SSSR count). The molecule has 0 saturated heterocycles. The maximum absolute atomic E-state index is 13.2. The van der Waals surface area contributed by atoms with Crippen molar-refractivity contribution in [2.24, 2.45) is 0 Å². The number of carbonyl (C=O) groups excluding carboxylic acids is 2. The summed E-state index contributed by atoms with van der Waals surface area (Å²) in [6.07, 6.45) is 0.462. The Morgan fingerprint density at radius 2 is 1.79 bits per heavy atom. The average Bonchev–Trinajstić information content (AvgIpc) is 3.25. The third-order valence-electron chi connectivity index (χ3n) is 5.00. The minimum Gasteiger partial charge on any atom is -0.489 e. The molecule has 0 radical (unpaired) electrons. The molecule has 0 spiro atoms. The fourth-order valence-electron chi connectivity index (χ4n) is 3.47. The number of para-hydroxylation sites is 1. The van der Waals surface area contributed by atoms with Crippen molar-refractivity contribution in [2.45, 2.75) is 25.6 Å². The van der Waals surface area contributed by atoms with Gasteiger partial charge in [-0.25, -0.2) is 4.79 Å². The zero-order valence-corrected chi connectivity index (χ0v) is 16.9. The Morgan fingerprint density at radius 1 is 1.07 bits per heavy atom. The van der Waals surface area contributed by atoms with Crippen LogP contribution in [0.5, 0.6) is 5.75 Å². The lowest BCUT2D eigenvalue weighted by molar-refractivity contribution is -0.146. The van der Waals surface area contributed by atoms with Crippen LogP contribution in [0.3, 0.4) is 0 Å². The number of rotatable bonds is 5. The van der Waals surface area contributed by atoms with Gasteiger partial charge < -0.3 is 14.4 Å². The average molecular weight is 407 g/mol. The molecule has 1 aromatic heterocycles. The van der Waals surface area contributed by atoms with Gasteiger partial charge in [-0.05, 0) is 34.7 Å². The van der Waals surface area contributed by atoms with E-state index in [2.05, 4.69) is 0 Å². The number of amides is 1. The maximum Gasteiger partial charge on any atom is 0.328 e. The minimum atomic E-state index is -0.617. The summed E-state index contributed by atoms with van der Waals surface area (Å²) in [5.41, 5.74) is 3.06. The molecule has 0 fully saturated rings. The van der Waals surface area contributed by atoms with Crippen LogP contribution in [0.2, 0.25) is 0 Å². The highest BCUT2D eigenvalue weighted by atomic mass is 32.1. The predicted octanol–water partition coefficient (Wildman–Crippen LogP) is 4.07. The first kappa shape index (κ1) is 19.2. The number of hydrogen-bond acceptors (Lipinski definition) is 5. The van der Waals surface area contributed by atoms with E-state index in [0.717, 1.165) is 22.4 Å². The molecule has 1 atom stereocenters. The van der Waals surface area contributed by atoms with Gasteiger partial charge in [0, 0.05) is 18.5 Å². The molecule has 0 bridgehead atoms. The van der Waals surface area contributed by atoms with Crippen molar-refractivity contribution in [2.75, 3.05) is 7.11 Å². The van der Waals surface area contributed by atoms with Crippen LogP contribution in [0.15, 0.2) is 66.0 Å². The number of fused-ring (bicyclic) bond motifs is 1. The first-order chi connectivity index (χ1) is 14.2. The van der Waals surface area contributed by atoms with E-state index >= 15 is 0 Å². The largest absolute Gasteiger partial charge is 0.489 e. The van der Waals surface area contributed by atoms with Crippen molar-refractivity contribution in [1.29, 1.82) is 0 Å². The van der Waals surface area contributed by atoms with Crippen molar-refractivity contribution >= 4 is 23.2 Å². The van der Waals surface area contributed by atoms with E-state index in [9.17, 15) is 9.59 Å². The van der Waals surface area contributed by atoms with Crippen LogP contribution in [0.25, 0.3) is 0 Å². The number of ether oxygens (including phenoxy) is 2. The van der Waals surface area contributed by atoms with Crippen LogP contribution >= 0.6 is 11.3 Å². The van der Waals surface area contributed by atoms with E-state index in [1.807, 2.05) is 66.0 Å². The van der Waals surface area contributed by atoms with Crippen LogP contribution in [-0.2, 0) is 29.1 Å². The number of benzene rings is 2. The summed E-state index contributed by atoms with van der Waals surface area (Å²) in [4.78, 5) is 27.8. The van der Waals surface area contributed by atoms with Crippen molar-refractivity contribution in [3.63, 3.8) is 0 Å². The van der Waals surface area contributed by atoms with Gasteiger partial charge in [0.25, 0.3) is 5.91 Å². The second-order valence-corrected chi connectivity index (χ2v) is 7.78. The Bertz CT molecular complexity index is 1010. The zero-order valence-electron chi connectivity index (χ0n) is 16.0. The Balaban J connectivity index is 1.51. The Hall–Kier alpha value is -3.12. The van der Waals surface area contributed by atoms with Crippen molar-refractivity contribution in [3.8, 4) is 5.75 Å². The van der Waals surface area contributed by atoms with E-state index in [0.29, 0.717) is 24.4 Å². The maximum atomic E-state index is 13.2. The van der Waals surface area contributed by atoms with Crippen LogP contribution in [0, 0.1) is 0 Å². The summed E-state index contributed by atoms with van der Waals surface area (Å²) in [6, 6.07) is 18.7. The number of thiophene rings is 1. The fourth-order valence-corrected chi connectivity index (χ4v) is 4.32. The molecule has 2 aromatic carbocycles. The second kappa shape index (κ2) is 8.49. The van der Waals surface area contributed by atoms with Gasteiger partial charge in [-0.1, -0.05) is 42.5 Å². The minimum absolute atomic E-state index is 0.161. The van der Waals surface area contributed by atoms with Gasteiger partial charge in [0.05, 0.1) is 12.0 Å². The fraction of sp³-hybridized carbons (Fsp3) is 0.217. The number of carbonyl (C=O) groups is 2. The van der Waals surface area contributed by atoms with E-state index in [1.165, 1.54) is 18.4 Å². The van der Waals surface area contributed by atoms with Gasteiger partial charge in [0.1, 0.15) is 18.4 Å². The molecule has 1 aliphatic rings. The quantitative estimate of drug-likeness (QED) is 0.599. The molecule has 2 heterocycles. The van der Waals surface area contributed by atoms with Crippen LogP contribution < -0.4 is 4.74 Å². The smallest absolute Gasteiger partial charge is 0.328 e. The monoisotopic (exact) mass is 407 g/mol. The highest BCUT2D eigenvalue weighted by Crippen LogP contribution is 2.27. The SMILES string of the molecule is COC(=O)C1Cc2ccccc2CN1C(=O)c1cc(COc2ccccc2)cs1. The summed E-state index contributed by atoms with van der Waals surface area (Å²) < 4.78 is 10.7. The third-order valence-corrected chi connectivity index (χ3v) is 5.96. The molecule has 29 heavy (non-hydrogen) atoms. The molecule has 1 amide bonds. The summed E-state index contributed by atoms with van der Waals surface area (Å²) in [5.74, 6) is 0.230. The normalized spacial score (nSPS) is 15.5. The van der Waals surface area contributed by atoms with Crippen molar-refractivity contribution in [1.82, 2.24) is 4.90 Å². The topological polar surface area (TPSA) is 55.8 Å². The zero-order chi connectivity index (χ0) is 20.2. The predicted molar refractivity (Wildman–Crippen MR) is 111 cm³/mol. The van der Waals surface area contributed by atoms with Crippen LogP contribution in [0.1, 0.15) is 26.4 Å². The molecular formula is C23H21NO4S. The highest BCUT2D eigenvalue weighted by molar-refractivity contribution is 7.12. The Labute approximate surface area is 173 Å². The molecule has 3 aromatic rings. The van der Waals surface area contributed by atoms with Crippen LogP contribution in [0.4, 0.5) is 0 Å². The van der Waals surface area contributed by atoms with Gasteiger partial charge >= 0.3 is 5.97 Å². The number of esters is 1. The third kappa shape index (κ3) is 4.17. The van der Waals surface area contributed by atoms with E-state index in [1.54, 1.807) is 4.90 Å². The lowest BCUT2D eigenvalue weighted by Crippen LogP contribution is -2.49. The highest BCUT2D eigenvalue weighted by Gasteiger charge is 2.36. The molecule has 0 saturated carbocycles. The summed E-state index contributed by atoms with van der Waals surface area (Å²) in [6.45, 7) is 0.777. The molecule has 6 heteroatoms. The summed E-state index contributed by atoms with van der Waals surface area (Å²) in [5, 5.41) is 1.92. The Kier molecular flexibility index (Phi) is 5.62. The van der Waals surface area contributed by atoms with E-state index < -0.39 is 12.0 Å². The molecular weight excluding hydrogens is 386 g/mol. The molecule has 148 valence electrons. The van der Waals surface area contributed by atoms with Gasteiger partial charge in [0.2, 0.25) is 0 Å². The standard InChI is InChI=1S/C23H21NO4S/c1-27-23(26)20-12-17-7-5-6-8-18(17)13-24(20)22(25)21-11-16(15-29-21)14-28-19-9-3-2-4-10-19/h2-11,15,20H,12-14H2,1H3. The first-order valence-corrected chi connectivity index (χ1v) is 10.2. The van der Waals surface area contributed by atoms with Gasteiger partial charge in [-0.2, -0.15) is 0 Å². The van der Waals surface area contributed by atoms with E-state index in [-0.39, 0.29) is 5.91 Å². The van der Waals surface area contributed by atoms with Crippen LogP contribution in [-0.4, -0.2) is 29.9 Å². The first-order valence-electron chi connectivity index (χ1n) is 9.36.